The molecule has 2 aliphatic heterocycles. The van der Waals surface area contributed by atoms with Gasteiger partial charge < -0.3 is 4.90 Å². The number of fused-ring (bicyclic) bond motifs is 1. The van der Waals surface area contributed by atoms with Crippen molar-refractivity contribution in [2.45, 2.75) is 51.0 Å². The maximum Gasteiger partial charge on any atom is 0.278 e. The molecule has 7 nitrogen and oxygen atoms in total. The number of nitro benzene ring substituents is 1. The molecule has 1 fully saturated rings. The van der Waals surface area contributed by atoms with Gasteiger partial charge in [-0.15, -0.1) is 0 Å². The van der Waals surface area contributed by atoms with Gasteiger partial charge in [-0.2, -0.15) is 0 Å². The average Bonchev–Trinajstić information content (AvgIpc) is 3.09. The van der Waals surface area contributed by atoms with Crippen molar-refractivity contribution in [2.24, 2.45) is 0 Å². The summed E-state index contributed by atoms with van der Waals surface area (Å²) in [4.78, 5) is 41.6. The van der Waals surface area contributed by atoms with Crippen molar-refractivity contribution in [3.63, 3.8) is 0 Å². The van der Waals surface area contributed by atoms with Gasteiger partial charge in [-0.25, -0.2) is 0 Å². The fourth-order valence-corrected chi connectivity index (χ4v) is 5.23. The predicted octanol–water partition coefficient (Wildman–Crippen LogP) is 4.46. The van der Waals surface area contributed by atoms with Crippen LogP contribution in [0.5, 0.6) is 0 Å². The van der Waals surface area contributed by atoms with E-state index in [2.05, 4.69) is 6.07 Å². The Labute approximate surface area is 186 Å². The third-order valence-electron chi connectivity index (χ3n) is 6.78. The Kier molecular flexibility index (Phi) is 5.25. The van der Waals surface area contributed by atoms with Gasteiger partial charge >= 0.3 is 0 Å². The van der Waals surface area contributed by atoms with Crippen molar-refractivity contribution in [1.82, 2.24) is 4.90 Å². The minimum absolute atomic E-state index is 0.0415. The van der Waals surface area contributed by atoms with Crippen LogP contribution in [-0.2, 0) is 16.0 Å². The largest absolute Gasteiger partial charge is 0.336 e. The Morgan fingerprint density at radius 2 is 1.59 bits per heavy atom. The maximum absolute atomic E-state index is 13.8. The fraction of sp³-hybridized carbons (Fsp3) is 0.360. The number of anilines is 1. The molecule has 32 heavy (non-hydrogen) atoms. The van der Waals surface area contributed by atoms with E-state index in [9.17, 15) is 19.7 Å². The van der Waals surface area contributed by atoms with Crippen molar-refractivity contribution in [3.8, 4) is 0 Å². The topological polar surface area (TPSA) is 83.8 Å². The molecule has 2 amide bonds. The number of carbonyl (C=O) groups excluding carboxylic acids is 2. The standard InChI is InChI=1S/C25H25N3O4/c29-24-22(18-12-14-20(15-13-18)28(31)32)23(25(30)27(24)19-9-2-1-3-10-19)26-16-6-8-17-7-4-5-11-21(17)26/h4-5,7,11-15,19H,1-3,6,8-10,16H2. The summed E-state index contributed by atoms with van der Waals surface area (Å²) >= 11 is 0. The van der Waals surface area contributed by atoms with Crippen LogP contribution in [0, 0.1) is 10.1 Å². The lowest BCUT2D eigenvalue weighted by molar-refractivity contribution is -0.384. The fourth-order valence-electron chi connectivity index (χ4n) is 5.23. The highest BCUT2D eigenvalue weighted by Gasteiger charge is 2.45. The summed E-state index contributed by atoms with van der Waals surface area (Å²) in [5, 5.41) is 11.1. The summed E-state index contributed by atoms with van der Waals surface area (Å²) < 4.78 is 0. The number of hydrogen-bond donors (Lipinski definition) is 0. The van der Waals surface area contributed by atoms with Crippen molar-refractivity contribution < 1.29 is 14.5 Å². The number of imide groups is 1. The summed E-state index contributed by atoms with van der Waals surface area (Å²) in [6.07, 6.45) is 6.62. The number of benzene rings is 2. The molecule has 0 N–H and O–H groups in total. The number of nitro groups is 1. The van der Waals surface area contributed by atoms with E-state index < -0.39 is 4.92 Å². The van der Waals surface area contributed by atoms with Gasteiger partial charge in [0.1, 0.15) is 5.70 Å². The van der Waals surface area contributed by atoms with Gasteiger partial charge in [0.05, 0.1) is 10.5 Å². The van der Waals surface area contributed by atoms with E-state index in [0.29, 0.717) is 23.4 Å². The Morgan fingerprint density at radius 3 is 2.31 bits per heavy atom. The summed E-state index contributed by atoms with van der Waals surface area (Å²) in [6, 6.07) is 13.9. The SMILES string of the molecule is O=C1C(c2ccc([N+](=O)[O-])cc2)=C(N2CCCc3ccccc32)C(=O)N1C1CCCCC1. The molecule has 1 aliphatic carbocycles. The van der Waals surface area contributed by atoms with Gasteiger partial charge in [-0.3, -0.25) is 24.6 Å². The molecule has 0 saturated heterocycles. The number of carbonyl (C=O) groups is 2. The first kappa shape index (κ1) is 20.4. The average molecular weight is 431 g/mol. The zero-order valence-electron chi connectivity index (χ0n) is 17.8. The van der Waals surface area contributed by atoms with Gasteiger partial charge in [-0.05, 0) is 55.0 Å². The molecule has 2 aromatic rings. The summed E-state index contributed by atoms with van der Waals surface area (Å²) in [5.74, 6) is -0.527. The minimum Gasteiger partial charge on any atom is -0.336 e. The number of amides is 2. The van der Waals surface area contributed by atoms with Crippen LogP contribution in [0.1, 0.15) is 49.7 Å². The Morgan fingerprint density at radius 1 is 0.875 bits per heavy atom. The molecule has 0 unspecified atom stereocenters. The van der Waals surface area contributed by atoms with Crippen molar-refractivity contribution in [3.05, 3.63) is 75.5 Å². The lowest BCUT2D eigenvalue weighted by atomic mass is 9.94. The molecule has 0 bridgehead atoms. The van der Waals surface area contributed by atoms with Crippen molar-refractivity contribution in [1.29, 1.82) is 0 Å². The lowest BCUT2D eigenvalue weighted by Gasteiger charge is -2.33. The molecule has 1 saturated carbocycles. The molecule has 2 aromatic carbocycles. The maximum atomic E-state index is 13.8. The third-order valence-corrected chi connectivity index (χ3v) is 6.78. The highest BCUT2D eigenvalue weighted by molar-refractivity contribution is 6.37. The number of non-ortho nitro benzene ring substituents is 1. The van der Waals surface area contributed by atoms with Crippen LogP contribution < -0.4 is 4.90 Å². The Hall–Kier alpha value is -3.48. The van der Waals surface area contributed by atoms with E-state index in [4.69, 9.17) is 0 Å². The molecule has 0 spiro atoms. The van der Waals surface area contributed by atoms with Crippen LogP contribution in [-0.4, -0.2) is 34.2 Å². The lowest BCUT2D eigenvalue weighted by Crippen LogP contribution is -2.44. The van der Waals surface area contributed by atoms with Crippen LogP contribution in [0.25, 0.3) is 5.57 Å². The molecule has 0 radical (unpaired) electrons. The molecule has 3 aliphatic rings. The number of para-hydroxylation sites is 1. The summed E-state index contributed by atoms with van der Waals surface area (Å²) in [6.45, 7) is 0.653. The molecule has 2 heterocycles. The number of nitrogens with zero attached hydrogens (tertiary/aromatic N) is 3. The molecule has 164 valence electrons. The van der Waals surface area contributed by atoms with Crippen LogP contribution in [0.4, 0.5) is 11.4 Å². The highest BCUT2D eigenvalue weighted by atomic mass is 16.6. The van der Waals surface area contributed by atoms with Crippen molar-refractivity contribution >= 4 is 28.8 Å². The third kappa shape index (κ3) is 3.38. The van der Waals surface area contributed by atoms with E-state index in [-0.39, 0.29) is 23.5 Å². The van der Waals surface area contributed by atoms with Crippen LogP contribution in [0.15, 0.2) is 54.2 Å². The summed E-state index contributed by atoms with van der Waals surface area (Å²) in [7, 11) is 0. The van der Waals surface area contributed by atoms with Crippen LogP contribution >= 0.6 is 0 Å². The second-order valence-corrected chi connectivity index (χ2v) is 8.68. The first-order chi connectivity index (χ1) is 15.6. The molecule has 7 heteroatoms. The molecular formula is C25H25N3O4. The second-order valence-electron chi connectivity index (χ2n) is 8.68. The first-order valence-electron chi connectivity index (χ1n) is 11.3. The van der Waals surface area contributed by atoms with Crippen molar-refractivity contribution in [2.75, 3.05) is 11.4 Å². The van der Waals surface area contributed by atoms with E-state index in [1.165, 1.54) is 17.0 Å². The highest BCUT2D eigenvalue weighted by Crippen LogP contribution is 2.40. The normalized spacial score (nSPS) is 19.5. The van der Waals surface area contributed by atoms with Crippen LogP contribution in [0.3, 0.4) is 0 Å². The van der Waals surface area contributed by atoms with Crippen LogP contribution in [0.2, 0.25) is 0 Å². The minimum atomic E-state index is -0.462. The quantitative estimate of drug-likeness (QED) is 0.405. The smallest absolute Gasteiger partial charge is 0.278 e. The Balaban J connectivity index is 1.63. The molecule has 0 aromatic heterocycles. The predicted molar refractivity (Wildman–Crippen MR) is 121 cm³/mol. The number of rotatable bonds is 4. The summed E-state index contributed by atoms with van der Waals surface area (Å²) in [5.41, 5.74) is 3.38. The van der Waals surface area contributed by atoms with Gasteiger partial charge in [-0.1, -0.05) is 37.5 Å². The molecule has 0 atom stereocenters. The first-order valence-corrected chi connectivity index (χ1v) is 11.3. The molecule has 5 rings (SSSR count). The van der Waals surface area contributed by atoms with E-state index in [0.717, 1.165) is 56.2 Å². The zero-order chi connectivity index (χ0) is 22.2. The van der Waals surface area contributed by atoms with Gasteiger partial charge in [0.2, 0.25) is 0 Å². The van der Waals surface area contributed by atoms with Gasteiger partial charge in [0.15, 0.2) is 0 Å². The number of aryl methyl sites for hydroxylation is 1. The number of hydrogen-bond acceptors (Lipinski definition) is 5. The second kappa shape index (κ2) is 8.22. The van der Waals surface area contributed by atoms with Gasteiger partial charge in [0, 0.05) is 30.4 Å². The van der Waals surface area contributed by atoms with E-state index in [1.807, 2.05) is 23.1 Å². The Bertz CT molecular complexity index is 1120. The van der Waals surface area contributed by atoms with E-state index >= 15 is 0 Å². The monoisotopic (exact) mass is 431 g/mol. The van der Waals surface area contributed by atoms with E-state index in [1.54, 1.807) is 12.1 Å². The van der Waals surface area contributed by atoms with Gasteiger partial charge in [0.25, 0.3) is 17.5 Å². The molecular weight excluding hydrogens is 406 g/mol. The zero-order valence-corrected chi connectivity index (χ0v) is 17.8.